The maximum atomic E-state index is 6.53. The molecule has 1 aliphatic rings. The Morgan fingerprint density at radius 1 is 0.393 bits per heavy atom. The molecular formula is C53H36N2O. The van der Waals surface area contributed by atoms with Crippen LogP contribution in [-0.4, -0.2) is 4.57 Å². The van der Waals surface area contributed by atoms with Crippen molar-refractivity contribution in [3.05, 3.63) is 212 Å². The van der Waals surface area contributed by atoms with Crippen LogP contribution in [0.25, 0.3) is 82.8 Å². The van der Waals surface area contributed by atoms with Crippen molar-refractivity contribution in [3.63, 3.8) is 0 Å². The minimum absolute atomic E-state index is 0.261. The fourth-order valence-electron chi connectivity index (χ4n) is 8.60. The van der Waals surface area contributed by atoms with Gasteiger partial charge < -0.3 is 14.6 Å². The molecule has 0 radical (unpaired) electrons. The maximum Gasteiger partial charge on any atom is 0.196 e. The molecule has 1 atom stereocenters. The summed E-state index contributed by atoms with van der Waals surface area (Å²) in [4.78, 5) is 0. The summed E-state index contributed by atoms with van der Waals surface area (Å²) in [5.74, 6) is 0.870. The van der Waals surface area contributed by atoms with E-state index in [4.69, 9.17) is 4.74 Å². The molecule has 0 bridgehead atoms. The molecule has 0 aliphatic carbocycles. The first-order valence-corrected chi connectivity index (χ1v) is 19.2. The number of aromatic nitrogens is 1. The molecule has 9 aromatic carbocycles. The van der Waals surface area contributed by atoms with Gasteiger partial charge in [0.1, 0.15) is 5.75 Å². The van der Waals surface area contributed by atoms with E-state index in [1.807, 2.05) is 0 Å². The lowest BCUT2D eigenvalue weighted by molar-refractivity contribution is 0.260. The number of ether oxygens (including phenoxy) is 1. The van der Waals surface area contributed by atoms with Crippen LogP contribution in [0.5, 0.6) is 5.75 Å². The van der Waals surface area contributed by atoms with Crippen LogP contribution in [0.4, 0.5) is 5.69 Å². The Morgan fingerprint density at radius 3 is 1.55 bits per heavy atom. The monoisotopic (exact) mass is 716 g/mol. The van der Waals surface area contributed by atoms with Gasteiger partial charge in [0.05, 0.1) is 16.7 Å². The Balaban J connectivity index is 0.883. The Morgan fingerprint density at radius 2 is 0.893 bits per heavy atom. The first-order chi connectivity index (χ1) is 27.8. The number of para-hydroxylation sites is 2. The van der Waals surface area contributed by atoms with E-state index in [9.17, 15) is 0 Å². The van der Waals surface area contributed by atoms with Crippen molar-refractivity contribution >= 4 is 38.3 Å². The zero-order valence-electron chi connectivity index (χ0n) is 30.6. The van der Waals surface area contributed by atoms with Gasteiger partial charge in [-0.25, -0.2) is 0 Å². The largest absolute Gasteiger partial charge is 0.464 e. The summed E-state index contributed by atoms with van der Waals surface area (Å²) in [7, 11) is 0. The van der Waals surface area contributed by atoms with Crippen LogP contribution in [-0.2, 0) is 0 Å². The highest BCUT2D eigenvalue weighted by Gasteiger charge is 2.24. The van der Waals surface area contributed by atoms with E-state index in [-0.39, 0.29) is 6.23 Å². The molecule has 11 rings (SSSR count). The van der Waals surface area contributed by atoms with Crippen LogP contribution in [0.3, 0.4) is 0 Å². The first kappa shape index (κ1) is 32.1. The van der Waals surface area contributed by atoms with Crippen molar-refractivity contribution in [3.8, 4) is 55.9 Å². The number of rotatable bonds is 6. The van der Waals surface area contributed by atoms with Gasteiger partial charge in [0.25, 0.3) is 0 Å². The van der Waals surface area contributed by atoms with E-state index in [0.29, 0.717) is 0 Å². The SMILES string of the molecule is c1ccc(-c2ccccc2-c2ccc(-n3c4ccccc4c4ccccc43)cc2)c(-c2ccc(C3Nc4ccc(-c5cccc6ccccc56)cc4O3)cc2)c1. The fourth-order valence-corrected chi connectivity index (χ4v) is 8.60. The zero-order valence-corrected chi connectivity index (χ0v) is 30.6. The van der Waals surface area contributed by atoms with Crippen LogP contribution in [0.2, 0.25) is 0 Å². The quantitative estimate of drug-likeness (QED) is 0.185. The molecule has 0 amide bonds. The van der Waals surface area contributed by atoms with Gasteiger partial charge in [-0.3, -0.25) is 0 Å². The summed E-state index contributed by atoms with van der Waals surface area (Å²) in [6.07, 6.45) is -0.261. The highest BCUT2D eigenvalue weighted by Crippen LogP contribution is 2.43. The van der Waals surface area contributed by atoms with Gasteiger partial charge in [-0.15, -0.1) is 0 Å². The highest BCUT2D eigenvalue weighted by atomic mass is 16.5. The molecule has 10 aromatic rings. The van der Waals surface area contributed by atoms with E-state index < -0.39 is 0 Å². The lowest BCUT2D eigenvalue weighted by Gasteiger charge is -2.16. The van der Waals surface area contributed by atoms with E-state index >= 15 is 0 Å². The van der Waals surface area contributed by atoms with E-state index in [2.05, 4.69) is 216 Å². The van der Waals surface area contributed by atoms with Crippen LogP contribution in [0.1, 0.15) is 11.8 Å². The summed E-state index contributed by atoms with van der Waals surface area (Å²) < 4.78 is 8.90. The molecular weight excluding hydrogens is 681 g/mol. The third-order valence-electron chi connectivity index (χ3n) is 11.3. The zero-order chi connectivity index (χ0) is 37.0. The van der Waals surface area contributed by atoms with E-state index in [0.717, 1.165) is 33.8 Å². The summed E-state index contributed by atoms with van der Waals surface area (Å²) in [5.41, 5.74) is 15.2. The molecule has 3 heteroatoms. The van der Waals surface area contributed by atoms with Crippen molar-refractivity contribution in [2.24, 2.45) is 0 Å². The Kier molecular flexibility index (Phi) is 7.56. The van der Waals surface area contributed by atoms with Gasteiger partial charge in [-0.2, -0.15) is 0 Å². The van der Waals surface area contributed by atoms with Crippen molar-refractivity contribution in [2.45, 2.75) is 6.23 Å². The lowest BCUT2D eigenvalue weighted by atomic mass is 9.89. The van der Waals surface area contributed by atoms with Gasteiger partial charge in [-0.1, -0.05) is 170 Å². The number of hydrogen-bond donors (Lipinski definition) is 1. The van der Waals surface area contributed by atoms with Crippen molar-refractivity contribution < 1.29 is 4.74 Å². The molecule has 264 valence electrons. The number of hydrogen-bond acceptors (Lipinski definition) is 2. The standard InChI is InChI=1S/C53H36N2O/c1-2-14-41-35(12-1)13-11-21-44(41)39-30-33-49-52(34-39)56-53(54-49)38-26-24-36(25-27-38)42-15-3-5-17-45(42)46-18-6-4-16-43(46)37-28-31-40(32-29-37)55-50-22-9-7-19-47(50)48-20-8-10-23-51(48)55/h1-34,53-54H. The first-order valence-electron chi connectivity index (χ1n) is 19.2. The summed E-state index contributed by atoms with van der Waals surface area (Å²) in [6.45, 7) is 0. The predicted octanol–water partition coefficient (Wildman–Crippen LogP) is 14.1. The summed E-state index contributed by atoms with van der Waals surface area (Å²) in [5, 5.41) is 8.61. The molecule has 1 unspecified atom stereocenters. The molecule has 0 spiro atoms. The smallest absolute Gasteiger partial charge is 0.196 e. The summed E-state index contributed by atoms with van der Waals surface area (Å²) >= 11 is 0. The van der Waals surface area contributed by atoms with E-state index in [1.54, 1.807) is 0 Å². The Bertz CT molecular complexity index is 3030. The van der Waals surface area contributed by atoms with Crippen molar-refractivity contribution in [2.75, 3.05) is 5.32 Å². The number of anilines is 1. The topological polar surface area (TPSA) is 26.2 Å². The molecule has 3 nitrogen and oxygen atoms in total. The second-order valence-corrected chi connectivity index (χ2v) is 14.5. The van der Waals surface area contributed by atoms with Gasteiger partial charge >= 0.3 is 0 Å². The molecule has 0 saturated heterocycles. The molecule has 1 aliphatic heterocycles. The number of fused-ring (bicyclic) bond motifs is 5. The van der Waals surface area contributed by atoms with Crippen molar-refractivity contribution in [1.82, 2.24) is 4.57 Å². The predicted molar refractivity (Wildman–Crippen MR) is 233 cm³/mol. The number of benzene rings is 9. The Labute approximate surface area is 325 Å². The normalized spacial score (nSPS) is 13.5. The van der Waals surface area contributed by atoms with Crippen LogP contribution in [0.15, 0.2) is 206 Å². The van der Waals surface area contributed by atoms with Gasteiger partial charge in [0, 0.05) is 22.0 Å². The Hall–Kier alpha value is -7.36. The lowest BCUT2D eigenvalue weighted by Crippen LogP contribution is -2.09. The van der Waals surface area contributed by atoms with Gasteiger partial charge in [0.15, 0.2) is 6.23 Å². The molecule has 0 saturated carbocycles. The second kappa shape index (κ2) is 13.2. The molecule has 56 heavy (non-hydrogen) atoms. The average molecular weight is 717 g/mol. The van der Waals surface area contributed by atoms with Crippen LogP contribution in [0, 0.1) is 0 Å². The minimum atomic E-state index is -0.261. The van der Waals surface area contributed by atoms with Crippen LogP contribution >= 0.6 is 0 Å². The summed E-state index contributed by atoms with van der Waals surface area (Å²) in [6, 6.07) is 74.0. The molecule has 2 heterocycles. The minimum Gasteiger partial charge on any atom is -0.464 e. The average Bonchev–Trinajstić information content (AvgIpc) is 3.86. The number of nitrogens with one attached hydrogen (secondary N) is 1. The molecule has 0 fully saturated rings. The van der Waals surface area contributed by atoms with Gasteiger partial charge in [-0.05, 0) is 91.7 Å². The highest BCUT2D eigenvalue weighted by molar-refractivity contribution is 6.09. The van der Waals surface area contributed by atoms with Crippen molar-refractivity contribution in [1.29, 1.82) is 0 Å². The fraction of sp³-hybridized carbons (Fsp3) is 0.0189. The van der Waals surface area contributed by atoms with E-state index in [1.165, 1.54) is 66.0 Å². The second-order valence-electron chi connectivity index (χ2n) is 14.5. The maximum absolute atomic E-state index is 6.53. The number of nitrogens with zero attached hydrogens (tertiary/aromatic N) is 1. The third-order valence-corrected chi connectivity index (χ3v) is 11.3. The molecule has 1 aromatic heterocycles. The third kappa shape index (κ3) is 5.36. The van der Waals surface area contributed by atoms with Crippen LogP contribution < -0.4 is 10.1 Å². The van der Waals surface area contributed by atoms with Gasteiger partial charge in [0.2, 0.25) is 0 Å². The molecule has 1 N–H and O–H groups in total.